The number of amidine groups is 1. The molecule has 1 unspecified atom stereocenters. The predicted molar refractivity (Wildman–Crippen MR) is 94.1 cm³/mol. The highest BCUT2D eigenvalue weighted by atomic mass is 32.2. The second-order valence-corrected chi connectivity index (χ2v) is 6.73. The van der Waals surface area contributed by atoms with E-state index in [4.69, 9.17) is 5.73 Å². The zero-order valence-electron chi connectivity index (χ0n) is 12.6. The van der Waals surface area contributed by atoms with E-state index in [1.807, 2.05) is 24.5 Å². The topological polar surface area (TPSA) is 63.3 Å². The molecule has 1 atom stereocenters. The Hall–Kier alpha value is -2.01. The third-order valence-corrected chi connectivity index (χ3v) is 4.72. The number of pyridine rings is 1. The number of nitrogens with zero attached hydrogens (tertiary/aromatic N) is 2. The number of anilines is 1. The second kappa shape index (κ2) is 6.40. The Kier molecular flexibility index (Phi) is 4.34. The SMILES string of the molecule is CC1(c2cccc(NCc3ccncc3)c2)CCSC(N)=N1. The van der Waals surface area contributed by atoms with Crippen LogP contribution in [0.4, 0.5) is 5.69 Å². The first-order valence-corrected chi connectivity index (χ1v) is 8.36. The molecule has 1 aromatic heterocycles. The van der Waals surface area contributed by atoms with Gasteiger partial charge in [-0.15, -0.1) is 0 Å². The van der Waals surface area contributed by atoms with Crippen LogP contribution in [0.5, 0.6) is 0 Å². The van der Waals surface area contributed by atoms with Crippen LogP contribution in [-0.4, -0.2) is 15.9 Å². The van der Waals surface area contributed by atoms with E-state index in [9.17, 15) is 0 Å². The van der Waals surface area contributed by atoms with Crippen molar-refractivity contribution in [3.63, 3.8) is 0 Å². The number of nitrogens with one attached hydrogen (secondary N) is 1. The van der Waals surface area contributed by atoms with Crippen molar-refractivity contribution >= 4 is 22.6 Å². The van der Waals surface area contributed by atoms with Gasteiger partial charge in [0.2, 0.25) is 0 Å². The molecule has 0 spiro atoms. The first kappa shape index (κ1) is 14.9. The number of hydrogen-bond acceptors (Lipinski definition) is 5. The maximum absolute atomic E-state index is 5.91. The van der Waals surface area contributed by atoms with Gasteiger partial charge in [0.25, 0.3) is 0 Å². The predicted octanol–water partition coefficient (Wildman–Crippen LogP) is 3.36. The maximum Gasteiger partial charge on any atom is 0.154 e. The summed E-state index contributed by atoms with van der Waals surface area (Å²) < 4.78 is 0. The molecule has 3 N–H and O–H groups in total. The Morgan fingerprint density at radius 2 is 2.09 bits per heavy atom. The number of aliphatic imine (C=N–C) groups is 1. The van der Waals surface area contributed by atoms with Gasteiger partial charge in [0.1, 0.15) is 0 Å². The number of nitrogens with two attached hydrogens (primary N) is 1. The maximum atomic E-state index is 5.91. The van der Waals surface area contributed by atoms with E-state index < -0.39 is 0 Å². The molecule has 0 radical (unpaired) electrons. The molecule has 0 bridgehead atoms. The van der Waals surface area contributed by atoms with E-state index in [2.05, 4.69) is 46.5 Å². The van der Waals surface area contributed by atoms with Gasteiger partial charge in [-0.05, 0) is 48.7 Å². The molecule has 0 aliphatic carbocycles. The quantitative estimate of drug-likeness (QED) is 0.908. The molecule has 1 aromatic carbocycles. The van der Waals surface area contributed by atoms with Crippen molar-refractivity contribution in [2.75, 3.05) is 11.1 Å². The van der Waals surface area contributed by atoms with Crippen molar-refractivity contribution in [3.8, 4) is 0 Å². The molecule has 3 rings (SSSR count). The lowest BCUT2D eigenvalue weighted by molar-refractivity contribution is 0.482. The Labute approximate surface area is 135 Å². The van der Waals surface area contributed by atoms with Gasteiger partial charge in [0, 0.05) is 30.4 Å². The molecule has 4 nitrogen and oxygen atoms in total. The average Bonchev–Trinajstić information content (AvgIpc) is 2.54. The molecule has 5 heteroatoms. The van der Waals surface area contributed by atoms with Crippen molar-refractivity contribution in [2.45, 2.75) is 25.4 Å². The monoisotopic (exact) mass is 312 g/mol. The standard InChI is InChI=1S/C17H20N4S/c1-17(7-10-22-16(18)21-17)14-3-2-4-15(11-14)20-12-13-5-8-19-9-6-13/h2-6,8-9,11,20H,7,10,12H2,1H3,(H2,18,21). The number of thioether (sulfide) groups is 1. The van der Waals surface area contributed by atoms with Crippen molar-refractivity contribution in [1.82, 2.24) is 4.98 Å². The van der Waals surface area contributed by atoms with Gasteiger partial charge in [-0.2, -0.15) is 0 Å². The highest BCUT2D eigenvalue weighted by Crippen LogP contribution is 2.35. The number of hydrogen-bond donors (Lipinski definition) is 2. The van der Waals surface area contributed by atoms with E-state index in [-0.39, 0.29) is 5.54 Å². The van der Waals surface area contributed by atoms with Crippen LogP contribution < -0.4 is 11.1 Å². The average molecular weight is 312 g/mol. The fraction of sp³-hybridized carbons (Fsp3) is 0.294. The largest absolute Gasteiger partial charge is 0.381 e. The Morgan fingerprint density at radius 3 is 2.86 bits per heavy atom. The molecule has 2 aromatic rings. The van der Waals surface area contributed by atoms with Crippen LogP contribution in [0.15, 0.2) is 53.8 Å². The summed E-state index contributed by atoms with van der Waals surface area (Å²) in [5.74, 6) is 1.01. The summed E-state index contributed by atoms with van der Waals surface area (Å²) in [5.41, 5.74) is 9.21. The summed E-state index contributed by atoms with van der Waals surface area (Å²) in [6.45, 7) is 2.94. The van der Waals surface area contributed by atoms with Gasteiger partial charge in [0.15, 0.2) is 5.17 Å². The normalized spacial score (nSPS) is 21.2. The van der Waals surface area contributed by atoms with E-state index in [0.717, 1.165) is 24.4 Å². The number of rotatable bonds is 4. The first-order chi connectivity index (χ1) is 10.7. The molecule has 1 aliphatic heterocycles. The third kappa shape index (κ3) is 3.42. The lowest BCUT2D eigenvalue weighted by Crippen LogP contribution is -2.28. The molecular weight excluding hydrogens is 292 g/mol. The molecular formula is C17H20N4S. The van der Waals surface area contributed by atoms with Gasteiger partial charge < -0.3 is 11.1 Å². The molecule has 2 heterocycles. The summed E-state index contributed by atoms with van der Waals surface area (Å²) in [6, 6.07) is 12.5. The summed E-state index contributed by atoms with van der Waals surface area (Å²) in [4.78, 5) is 8.70. The third-order valence-electron chi connectivity index (χ3n) is 3.93. The smallest absolute Gasteiger partial charge is 0.154 e. The Morgan fingerprint density at radius 1 is 1.27 bits per heavy atom. The zero-order chi connectivity index (χ0) is 15.4. The van der Waals surface area contributed by atoms with Crippen LogP contribution >= 0.6 is 11.8 Å². The van der Waals surface area contributed by atoms with E-state index in [1.165, 1.54) is 11.1 Å². The van der Waals surface area contributed by atoms with Crippen LogP contribution in [0.3, 0.4) is 0 Å². The van der Waals surface area contributed by atoms with Crippen LogP contribution in [0.1, 0.15) is 24.5 Å². The van der Waals surface area contributed by atoms with E-state index >= 15 is 0 Å². The lowest BCUT2D eigenvalue weighted by atomic mass is 9.89. The van der Waals surface area contributed by atoms with Gasteiger partial charge in [-0.3, -0.25) is 9.98 Å². The Bertz CT molecular complexity index is 671. The minimum Gasteiger partial charge on any atom is -0.381 e. The molecule has 0 fully saturated rings. The molecule has 114 valence electrons. The molecule has 1 aliphatic rings. The minimum absolute atomic E-state index is 0.219. The highest BCUT2D eigenvalue weighted by Gasteiger charge is 2.29. The van der Waals surface area contributed by atoms with Crippen LogP contribution in [-0.2, 0) is 12.1 Å². The number of benzene rings is 1. The van der Waals surface area contributed by atoms with Crippen LogP contribution in [0, 0.1) is 0 Å². The van der Waals surface area contributed by atoms with Gasteiger partial charge in [-0.25, -0.2) is 0 Å². The summed E-state index contributed by atoms with van der Waals surface area (Å²) in [5, 5.41) is 4.14. The van der Waals surface area contributed by atoms with Crippen LogP contribution in [0.25, 0.3) is 0 Å². The second-order valence-electron chi connectivity index (χ2n) is 5.61. The lowest BCUT2D eigenvalue weighted by Gasteiger charge is -2.30. The van der Waals surface area contributed by atoms with Crippen LogP contribution in [0.2, 0.25) is 0 Å². The molecule has 22 heavy (non-hydrogen) atoms. The minimum atomic E-state index is -0.219. The van der Waals surface area contributed by atoms with Crippen molar-refractivity contribution in [2.24, 2.45) is 10.7 Å². The van der Waals surface area contributed by atoms with Crippen molar-refractivity contribution < 1.29 is 0 Å². The molecule has 0 saturated carbocycles. The van der Waals surface area contributed by atoms with Crippen molar-refractivity contribution in [3.05, 3.63) is 59.9 Å². The summed E-state index contributed by atoms with van der Waals surface area (Å²) in [6.07, 6.45) is 4.63. The fourth-order valence-corrected chi connectivity index (χ4v) is 3.54. The zero-order valence-corrected chi connectivity index (χ0v) is 13.4. The first-order valence-electron chi connectivity index (χ1n) is 7.37. The summed E-state index contributed by atoms with van der Waals surface area (Å²) in [7, 11) is 0. The summed E-state index contributed by atoms with van der Waals surface area (Å²) >= 11 is 1.63. The molecule has 0 amide bonds. The number of aromatic nitrogens is 1. The van der Waals surface area contributed by atoms with Crippen molar-refractivity contribution in [1.29, 1.82) is 0 Å². The van der Waals surface area contributed by atoms with Gasteiger partial charge >= 0.3 is 0 Å². The molecule has 0 saturated heterocycles. The van der Waals surface area contributed by atoms with Gasteiger partial charge in [0.05, 0.1) is 5.54 Å². The highest BCUT2D eigenvalue weighted by molar-refractivity contribution is 8.13. The van der Waals surface area contributed by atoms with Gasteiger partial charge in [-0.1, -0.05) is 23.9 Å². The van der Waals surface area contributed by atoms with E-state index in [0.29, 0.717) is 5.17 Å². The van der Waals surface area contributed by atoms with E-state index in [1.54, 1.807) is 11.8 Å². The Balaban J connectivity index is 1.77. The fourth-order valence-electron chi connectivity index (χ4n) is 2.56.